The fraction of sp³-hybridized carbons (Fsp3) is 0.690. The topological polar surface area (TPSA) is 82.6 Å². The van der Waals surface area contributed by atoms with Crippen LogP contribution in [0.1, 0.15) is 44.2 Å². The zero-order valence-corrected chi connectivity index (χ0v) is 25.7. The molecule has 220 valence electrons. The first-order valence-corrected chi connectivity index (χ1v) is 15.3. The van der Waals surface area contributed by atoms with Crippen LogP contribution >= 0.6 is 0 Å². The summed E-state index contributed by atoms with van der Waals surface area (Å²) in [4.78, 5) is 20.1. The Kier molecular flexibility index (Phi) is 10.6. The number of amides is 1. The highest BCUT2D eigenvalue weighted by Crippen LogP contribution is 2.39. The van der Waals surface area contributed by atoms with Crippen molar-refractivity contribution >= 4 is 22.0 Å². The minimum Gasteiger partial charge on any atom is -0.497 e. The monoisotopic (exact) mass is 564 g/mol. The van der Waals surface area contributed by atoms with Crippen molar-refractivity contribution in [2.45, 2.75) is 57.0 Å². The van der Waals surface area contributed by atoms with Crippen molar-refractivity contribution < 1.29 is 22.7 Å². The van der Waals surface area contributed by atoms with E-state index in [9.17, 15) is 13.2 Å². The number of sulfonamides is 1. The molecule has 2 atom stereocenters. The third kappa shape index (κ3) is 7.82. The Morgan fingerprint density at radius 3 is 2.46 bits per heavy atom. The van der Waals surface area contributed by atoms with Gasteiger partial charge in [0.05, 0.1) is 18.6 Å². The first kappa shape index (κ1) is 31.5. The van der Waals surface area contributed by atoms with Gasteiger partial charge in [-0.25, -0.2) is 8.42 Å². The van der Waals surface area contributed by atoms with Gasteiger partial charge in [0.25, 0.3) is 0 Å². The number of piperazine rings is 1. The summed E-state index contributed by atoms with van der Waals surface area (Å²) in [5, 5.41) is 0. The number of carbonyl (C=O) groups is 1. The lowest BCUT2D eigenvalue weighted by Crippen LogP contribution is -2.55. The lowest BCUT2D eigenvalue weighted by atomic mass is 9.71. The Hall–Kier alpha value is -1.98. The molecule has 2 unspecified atom stereocenters. The normalized spacial score (nSPS) is 22.6. The number of likely N-dealkylation sites (N-methyl/N-ethyl adjacent to an activating group) is 3. The standard InChI is InChI=1S/C29H48N4O5S/c1-9-23-17-26(37-8)16-22(2)28(23)39(35,36)31(6)14-15-38-21-27(34)32(7)24-18-25(20-29(3,4)19-24)33-12-10-30(5)11-13-33/h9,16-17,24-25H,1,10-15,18-21H2,2-8H3. The van der Waals surface area contributed by atoms with Gasteiger partial charge in [-0.15, -0.1) is 0 Å². The summed E-state index contributed by atoms with van der Waals surface area (Å²) >= 11 is 0. The molecule has 0 radical (unpaired) electrons. The lowest BCUT2D eigenvalue weighted by molar-refractivity contribution is -0.139. The molecule has 1 amide bonds. The molecule has 9 nitrogen and oxygen atoms in total. The zero-order chi connectivity index (χ0) is 29.0. The van der Waals surface area contributed by atoms with Gasteiger partial charge < -0.3 is 19.3 Å². The van der Waals surface area contributed by atoms with E-state index < -0.39 is 10.0 Å². The van der Waals surface area contributed by atoms with Crippen LogP contribution in [0.25, 0.3) is 6.08 Å². The second-order valence-electron chi connectivity index (χ2n) is 11.9. The quantitative estimate of drug-likeness (QED) is 0.382. The molecule has 0 spiro atoms. The van der Waals surface area contributed by atoms with Gasteiger partial charge in [-0.05, 0) is 61.9 Å². The predicted molar refractivity (Wildman–Crippen MR) is 156 cm³/mol. The van der Waals surface area contributed by atoms with Crippen molar-refractivity contribution in [2.75, 3.05) is 74.2 Å². The molecule has 2 fully saturated rings. The maximum atomic E-state index is 13.3. The molecule has 10 heteroatoms. The molecule has 1 aliphatic carbocycles. The van der Waals surface area contributed by atoms with Gasteiger partial charge in [0.1, 0.15) is 12.4 Å². The van der Waals surface area contributed by atoms with Crippen molar-refractivity contribution in [1.82, 2.24) is 19.0 Å². The fourth-order valence-corrected chi connectivity index (χ4v) is 7.46. The van der Waals surface area contributed by atoms with Crippen molar-refractivity contribution in [2.24, 2.45) is 5.41 Å². The number of ether oxygens (including phenoxy) is 2. The number of hydrogen-bond donors (Lipinski definition) is 0. The molecule has 1 aromatic carbocycles. The number of benzene rings is 1. The van der Waals surface area contributed by atoms with E-state index in [1.165, 1.54) is 17.4 Å². The van der Waals surface area contributed by atoms with E-state index in [4.69, 9.17) is 9.47 Å². The molecule has 1 aromatic rings. The third-order valence-corrected chi connectivity index (χ3v) is 10.4. The van der Waals surface area contributed by atoms with Crippen molar-refractivity contribution in [3.63, 3.8) is 0 Å². The average molecular weight is 565 g/mol. The van der Waals surface area contributed by atoms with E-state index in [-0.39, 0.29) is 42.0 Å². The van der Waals surface area contributed by atoms with Crippen LogP contribution in [0.5, 0.6) is 5.75 Å². The Balaban J connectivity index is 1.54. The second-order valence-corrected chi connectivity index (χ2v) is 13.9. The summed E-state index contributed by atoms with van der Waals surface area (Å²) in [6, 6.07) is 3.99. The first-order chi connectivity index (χ1) is 18.3. The summed E-state index contributed by atoms with van der Waals surface area (Å²) in [5.74, 6) is 0.506. The first-order valence-electron chi connectivity index (χ1n) is 13.8. The van der Waals surface area contributed by atoms with Crippen LogP contribution in [-0.4, -0.2) is 120 Å². The van der Waals surface area contributed by atoms with Crippen LogP contribution in [-0.2, 0) is 19.6 Å². The Bertz CT molecular complexity index is 1110. The molecule has 2 aliphatic rings. The highest BCUT2D eigenvalue weighted by atomic mass is 32.2. The van der Waals surface area contributed by atoms with Gasteiger partial charge in [-0.1, -0.05) is 26.5 Å². The van der Waals surface area contributed by atoms with Gasteiger partial charge in [-0.2, -0.15) is 4.31 Å². The van der Waals surface area contributed by atoms with E-state index in [1.54, 1.807) is 26.2 Å². The number of aryl methyl sites for hydroxylation is 1. The minimum atomic E-state index is -3.78. The smallest absolute Gasteiger partial charge is 0.248 e. The summed E-state index contributed by atoms with van der Waals surface area (Å²) < 4.78 is 38.8. The fourth-order valence-electron chi connectivity index (χ4n) is 5.92. The number of nitrogens with zero attached hydrogens (tertiary/aromatic N) is 4. The molecule has 3 rings (SSSR count). The molecule has 0 aromatic heterocycles. The SMILES string of the molecule is C=Cc1cc(OC)cc(C)c1S(=O)(=O)N(C)CCOCC(=O)N(C)C1CC(N2CCN(C)CC2)CC(C)(C)C1. The minimum absolute atomic E-state index is 0.0692. The number of carbonyl (C=O) groups excluding carboxylic acids is 1. The summed E-state index contributed by atoms with van der Waals surface area (Å²) in [6.07, 6.45) is 4.60. The van der Waals surface area contributed by atoms with Crippen molar-refractivity contribution in [3.8, 4) is 5.75 Å². The molecule has 1 saturated carbocycles. The van der Waals surface area contributed by atoms with Crippen LogP contribution in [0.2, 0.25) is 0 Å². The largest absolute Gasteiger partial charge is 0.497 e. The summed E-state index contributed by atoms with van der Waals surface area (Å²) in [5.41, 5.74) is 1.23. The van der Waals surface area contributed by atoms with E-state index >= 15 is 0 Å². The second kappa shape index (κ2) is 13.1. The van der Waals surface area contributed by atoms with Gasteiger partial charge >= 0.3 is 0 Å². The van der Waals surface area contributed by atoms with E-state index in [2.05, 4.69) is 37.3 Å². The third-order valence-electron chi connectivity index (χ3n) is 8.29. The average Bonchev–Trinajstić information content (AvgIpc) is 2.88. The molecule has 0 N–H and O–H groups in total. The van der Waals surface area contributed by atoms with E-state index in [1.807, 2.05) is 11.9 Å². The van der Waals surface area contributed by atoms with Crippen molar-refractivity contribution in [3.05, 3.63) is 29.8 Å². The van der Waals surface area contributed by atoms with Crippen LogP contribution in [0.4, 0.5) is 0 Å². The van der Waals surface area contributed by atoms with Gasteiger partial charge in [0, 0.05) is 58.9 Å². The number of rotatable bonds is 11. The Morgan fingerprint density at radius 2 is 1.85 bits per heavy atom. The molecular weight excluding hydrogens is 516 g/mol. The highest BCUT2D eigenvalue weighted by Gasteiger charge is 2.39. The maximum absolute atomic E-state index is 13.3. The number of methoxy groups -OCH3 is 1. The van der Waals surface area contributed by atoms with Crippen LogP contribution in [0.3, 0.4) is 0 Å². The number of hydrogen-bond acceptors (Lipinski definition) is 7. The van der Waals surface area contributed by atoms with E-state index in [0.29, 0.717) is 22.9 Å². The van der Waals surface area contributed by atoms with Crippen LogP contribution < -0.4 is 4.74 Å². The van der Waals surface area contributed by atoms with Crippen LogP contribution in [0, 0.1) is 12.3 Å². The summed E-state index contributed by atoms with van der Waals surface area (Å²) in [6.45, 7) is 14.6. The molecule has 39 heavy (non-hydrogen) atoms. The predicted octanol–water partition coefficient (Wildman–Crippen LogP) is 2.94. The molecule has 1 saturated heterocycles. The van der Waals surface area contributed by atoms with Gasteiger partial charge in [-0.3, -0.25) is 9.69 Å². The highest BCUT2D eigenvalue weighted by molar-refractivity contribution is 7.89. The molecule has 0 bridgehead atoms. The molecular formula is C29H48N4O5S. The zero-order valence-electron chi connectivity index (χ0n) is 24.9. The maximum Gasteiger partial charge on any atom is 0.248 e. The van der Waals surface area contributed by atoms with E-state index in [0.717, 1.165) is 45.4 Å². The van der Waals surface area contributed by atoms with Gasteiger partial charge in [0.15, 0.2) is 0 Å². The van der Waals surface area contributed by atoms with Crippen molar-refractivity contribution in [1.29, 1.82) is 0 Å². The molecule has 1 heterocycles. The summed E-state index contributed by atoms with van der Waals surface area (Å²) in [7, 11) is 3.32. The Labute approximate surface area is 235 Å². The Morgan fingerprint density at radius 1 is 1.18 bits per heavy atom. The van der Waals surface area contributed by atoms with Gasteiger partial charge in [0.2, 0.25) is 15.9 Å². The van der Waals surface area contributed by atoms with Crippen LogP contribution in [0.15, 0.2) is 23.6 Å². The lowest BCUT2D eigenvalue weighted by Gasteiger charge is -2.48. The molecule has 1 aliphatic heterocycles.